The third-order valence-corrected chi connectivity index (χ3v) is 7.17. The van der Waals surface area contributed by atoms with E-state index in [0.717, 1.165) is 28.5 Å². The summed E-state index contributed by atoms with van der Waals surface area (Å²) in [5.74, 6) is -0.635. The van der Waals surface area contributed by atoms with Gasteiger partial charge in [0.25, 0.3) is 5.91 Å². The normalized spacial score (nSPS) is 15.8. The summed E-state index contributed by atoms with van der Waals surface area (Å²) >= 11 is 0. The number of nitrogens with zero attached hydrogens (tertiary/aromatic N) is 2. The fourth-order valence-corrected chi connectivity index (χ4v) is 5.20. The molecule has 0 bridgehead atoms. The fourth-order valence-electron chi connectivity index (χ4n) is 5.20. The molecule has 1 aromatic heterocycles. The van der Waals surface area contributed by atoms with E-state index in [4.69, 9.17) is 0 Å². The van der Waals surface area contributed by atoms with E-state index in [1.54, 1.807) is 23.0 Å². The van der Waals surface area contributed by atoms with Gasteiger partial charge in [0, 0.05) is 43.7 Å². The zero-order chi connectivity index (χ0) is 26.5. The number of carbonyl (C=O) groups is 3. The van der Waals surface area contributed by atoms with Crippen molar-refractivity contribution >= 4 is 28.6 Å². The Morgan fingerprint density at radius 3 is 2.34 bits per heavy atom. The summed E-state index contributed by atoms with van der Waals surface area (Å²) in [5.41, 5.74) is 3.41. The van der Waals surface area contributed by atoms with Gasteiger partial charge in [-0.15, -0.1) is 0 Å². The summed E-state index contributed by atoms with van der Waals surface area (Å²) < 4.78 is 0. The standard InChI is InChI=1S/C31H32N4O3/c1-34(21-23-13-6-3-7-14-23)31(38)27(19-22-11-4-2-5-12-22)33-29(36)28-17-10-18-35(28)30(37)25-20-32-26-16-9-8-15-24(25)26/h2-9,11-16,20,27-28,32H,10,17-19,21H2,1H3,(H,33,36)/t27-,28+/m0/s1. The first kappa shape index (κ1) is 25.3. The number of para-hydroxylation sites is 1. The summed E-state index contributed by atoms with van der Waals surface area (Å²) in [5, 5.41) is 3.85. The van der Waals surface area contributed by atoms with Gasteiger partial charge in [-0.1, -0.05) is 78.9 Å². The van der Waals surface area contributed by atoms with E-state index in [2.05, 4.69) is 10.3 Å². The summed E-state index contributed by atoms with van der Waals surface area (Å²) in [7, 11) is 1.75. The van der Waals surface area contributed by atoms with Crippen LogP contribution >= 0.6 is 0 Å². The summed E-state index contributed by atoms with van der Waals surface area (Å²) in [6.07, 6.45) is 3.37. The minimum Gasteiger partial charge on any atom is -0.360 e. The van der Waals surface area contributed by atoms with Gasteiger partial charge in [-0.2, -0.15) is 0 Å². The van der Waals surface area contributed by atoms with Crippen molar-refractivity contribution in [3.63, 3.8) is 0 Å². The lowest BCUT2D eigenvalue weighted by Crippen LogP contribution is -2.54. The van der Waals surface area contributed by atoms with Crippen LogP contribution in [0.3, 0.4) is 0 Å². The van der Waals surface area contributed by atoms with E-state index in [1.165, 1.54) is 0 Å². The molecule has 3 aromatic carbocycles. The highest BCUT2D eigenvalue weighted by Gasteiger charge is 2.37. The van der Waals surface area contributed by atoms with Crippen molar-refractivity contribution in [3.8, 4) is 0 Å². The molecule has 1 aliphatic heterocycles. The Kier molecular flexibility index (Phi) is 7.54. The van der Waals surface area contributed by atoms with Crippen LogP contribution in [0.25, 0.3) is 10.9 Å². The minimum absolute atomic E-state index is 0.168. The van der Waals surface area contributed by atoms with Crippen LogP contribution in [0.4, 0.5) is 0 Å². The molecule has 5 rings (SSSR count). The number of likely N-dealkylation sites (tertiary alicyclic amines) is 1. The second-order valence-electron chi connectivity index (χ2n) is 9.84. The molecule has 7 nitrogen and oxygen atoms in total. The molecule has 0 saturated carbocycles. The Morgan fingerprint density at radius 1 is 0.947 bits per heavy atom. The quantitative estimate of drug-likeness (QED) is 0.375. The third kappa shape index (κ3) is 5.47. The summed E-state index contributed by atoms with van der Waals surface area (Å²) in [6.45, 7) is 0.942. The lowest BCUT2D eigenvalue weighted by Gasteiger charge is -2.28. The highest BCUT2D eigenvalue weighted by Crippen LogP contribution is 2.25. The van der Waals surface area contributed by atoms with Crippen molar-refractivity contribution in [3.05, 3.63) is 108 Å². The zero-order valence-corrected chi connectivity index (χ0v) is 21.5. The van der Waals surface area contributed by atoms with Gasteiger partial charge in [-0.05, 0) is 30.0 Å². The number of aromatic amines is 1. The average Bonchev–Trinajstić information content (AvgIpc) is 3.61. The summed E-state index contributed by atoms with van der Waals surface area (Å²) in [4.78, 5) is 47.1. The number of amides is 3. The van der Waals surface area contributed by atoms with Crippen LogP contribution in [0.15, 0.2) is 91.1 Å². The molecular formula is C31H32N4O3. The number of nitrogens with one attached hydrogen (secondary N) is 2. The van der Waals surface area contributed by atoms with E-state index in [0.29, 0.717) is 31.5 Å². The molecule has 0 aliphatic carbocycles. The largest absolute Gasteiger partial charge is 0.360 e. The predicted octanol–water partition coefficient (Wildman–Crippen LogP) is 4.16. The molecule has 1 saturated heterocycles. The molecule has 1 aliphatic rings. The molecule has 0 radical (unpaired) electrons. The molecule has 2 heterocycles. The number of aromatic nitrogens is 1. The molecule has 0 spiro atoms. The molecule has 7 heteroatoms. The van der Waals surface area contributed by atoms with E-state index in [9.17, 15) is 14.4 Å². The molecule has 4 aromatic rings. The Morgan fingerprint density at radius 2 is 1.61 bits per heavy atom. The highest BCUT2D eigenvalue weighted by atomic mass is 16.2. The van der Waals surface area contributed by atoms with Crippen molar-refractivity contribution in [2.75, 3.05) is 13.6 Å². The molecule has 2 atom stereocenters. The second kappa shape index (κ2) is 11.3. The van der Waals surface area contributed by atoms with Crippen LogP contribution in [0, 0.1) is 0 Å². The molecular weight excluding hydrogens is 476 g/mol. The Balaban J connectivity index is 1.34. The predicted molar refractivity (Wildman–Crippen MR) is 147 cm³/mol. The number of benzene rings is 3. The Hall–Kier alpha value is -4.39. The van der Waals surface area contributed by atoms with Crippen LogP contribution in [-0.2, 0) is 22.6 Å². The van der Waals surface area contributed by atoms with Crippen LogP contribution in [0.5, 0.6) is 0 Å². The molecule has 3 amide bonds. The number of rotatable bonds is 8. The van der Waals surface area contributed by atoms with Crippen LogP contribution < -0.4 is 5.32 Å². The van der Waals surface area contributed by atoms with E-state index in [-0.39, 0.29) is 17.7 Å². The zero-order valence-electron chi connectivity index (χ0n) is 21.5. The first-order valence-electron chi connectivity index (χ1n) is 13.0. The highest BCUT2D eigenvalue weighted by molar-refractivity contribution is 6.08. The molecule has 0 unspecified atom stereocenters. The number of H-pyrrole nitrogens is 1. The number of hydrogen-bond acceptors (Lipinski definition) is 3. The molecule has 38 heavy (non-hydrogen) atoms. The van der Waals surface area contributed by atoms with Gasteiger partial charge in [-0.3, -0.25) is 14.4 Å². The lowest BCUT2D eigenvalue weighted by molar-refractivity contribution is -0.136. The SMILES string of the molecule is CN(Cc1ccccc1)C(=O)[C@H](Cc1ccccc1)NC(=O)[C@H]1CCCN1C(=O)c1c[nH]c2ccccc12. The van der Waals surface area contributed by atoms with Crippen LogP contribution in [0.1, 0.15) is 34.3 Å². The Bertz CT molecular complexity index is 1420. The van der Waals surface area contributed by atoms with Crippen molar-refractivity contribution in [1.82, 2.24) is 20.1 Å². The topological polar surface area (TPSA) is 85.5 Å². The van der Waals surface area contributed by atoms with Gasteiger partial charge in [0.2, 0.25) is 11.8 Å². The van der Waals surface area contributed by atoms with Gasteiger partial charge in [0.05, 0.1) is 5.56 Å². The van der Waals surface area contributed by atoms with E-state index in [1.807, 2.05) is 84.9 Å². The maximum Gasteiger partial charge on any atom is 0.256 e. The van der Waals surface area contributed by atoms with Gasteiger partial charge in [-0.25, -0.2) is 0 Å². The number of fused-ring (bicyclic) bond motifs is 1. The summed E-state index contributed by atoms with van der Waals surface area (Å²) in [6, 6.07) is 25.7. The van der Waals surface area contributed by atoms with E-state index >= 15 is 0 Å². The van der Waals surface area contributed by atoms with Crippen molar-refractivity contribution in [2.24, 2.45) is 0 Å². The monoisotopic (exact) mass is 508 g/mol. The number of hydrogen-bond donors (Lipinski definition) is 2. The lowest BCUT2D eigenvalue weighted by atomic mass is 10.0. The first-order valence-corrected chi connectivity index (χ1v) is 13.0. The van der Waals surface area contributed by atoms with Gasteiger partial charge in [0.1, 0.15) is 12.1 Å². The fraction of sp³-hybridized carbons (Fsp3) is 0.258. The third-order valence-electron chi connectivity index (χ3n) is 7.17. The van der Waals surface area contributed by atoms with Crippen molar-refractivity contribution < 1.29 is 14.4 Å². The van der Waals surface area contributed by atoms with Crippen LogP contribution in [-0.4, -0.2) is 58.2 Å². The molecule has 194 valence electrons. The van der Waals surface area contributed by atoms with Crippen molar-refractivity contribution in [2.45, 2.75) is 37.9 Å². The molecule has 1 fully saturated rings. The van der Waals surface area contributed by atoms with Gasteiger partial charge in [0.15, 0.2) is 0 Å². The average molecular weight is 509 g/mol. The first-order chi connectivity index (χ1) is 18.5. The van der Waals surface area contributed by atoms with E-state index < -0.39 is 12.1 Å². The maximum absolute atomic E-state index is 13.6. The number of carbonyl (C=O) groups excluding carboxylic acids is 3. The number of likely N-dealkylation sites (N-methyl/N-ethyl adjacent to an activating group) is 1. The minimum atomic E-state index is -0.746. The smallest absolute Gasteiger partial charge is 0.256 e. The van der Waals surface area contributed by atoms with Crippen molar-refractivity contribution in [1.29, 1.82) is 0 Å². The second-order valence-corrected chi connectivity index (χ2v) is 9.84. The van der Waals surface area contributed by atoms with Gasteiger partial charge < -0.3 is 20.1 Å². The van der Waals surface area contributed by atoms with Crippen LogP contribution in [0.2, 0.25) is 0 Å². The molecule has 2 N–H and O–H groups in total. The van der Waals surface area contributed by atoms with Gasteiger partial charge >= 0.3 is 0 Å². The Labute approximate surface area is 222 Å². The maximum atomic E-state index is 13.6.